The van der Waals surface area contributed by atoms with Gasteiger partial charge in [-0.3, -0.25) is 4.98 Å². The summed E-state index contributed by atoms with van der Waals surface area (Å²) in [7, 11) is 1.63. The van der Waals surface area contributed by atoms with Crippen LogP contribution < -0.4 is 10.1 Å². The van der Waals surface area contributed by atoms with E-state index in [-0.39, 0.29) is 6.04 Å². The minimum atomic E-state index is -0.563. The number of hydrogen-bond donors (Lipinski definition) is 2. The van der Waals surface area contributed by atoms with E-state index in [9.17, 15) is 5.11 Å². The molecule has 112 valence electrons. The van der Waals surface area contributed by atoms with Crippen LogP contribution in [-0.4, -0.2) is 23.2 Å². The standard InChI is InChI=1S/C17H22N2O2/c1-3-16(19-12-13-7-9-18-10-8-13)17(20)14-5-4-6-15(11-14)21-2/h4-11,16-17,19-20H,3,12H2,1-2H3. The van der Waals surface area contributed by atoms with E-state index in [1.165, 1.54) is 0 Å². The number of hydrogen-bond acceptors (Lipinski definition) is 4. The molecule has 2 unspecified atom stereocenters. The summed E-state index contributed by atoms with van der Waals surface area (Å²) in [6.07, 6.45) is 3.82. The van der Waals surface area contributed by atoms with Crippen LogP contribution in [0.25, 0.3) is 0 Å². The molecule has 0 bridgehead atoms. The Kier molecular flexibility index (Phi) is 5.72. The first-order valence-corrected chi connectivity index (χ1v) is 7.19. The van der Waals surface area contributed by atoms with E-state index in [0.717, 1.165) is 23.3 Å². The number of methoxy groups -OCH3 is 1. The molecule has 0 saturated carbocycles. The molecule has 0 aliphatic heterocycles. The lowest BCUT2D eigenvalue weighted by molar-refractivity contribution is 0.125. The molecule has 2 rings (SSSR count). The number of aliphatic hydroxyl groups is 1. The summed E-state index contributed by atoms with van der Waals surface area (Å²) in [6.45, 7) is 2.77. The molecule has 1 aromatic carbocycles. The Morgan fingerprint density at radius 2 is 2.00 bits per heavy atom. The molecule has 0 fully saturated rings. The highest BCUT2D eigenvalue weighted by atomic mass is 16.5. The summed E-state index contributed by atoms with van der Waals surface area (Å²) in [5.74, 6) is 0.760. The Bertz CT molecular complexity index is 545. The van der Waals surface area contributed by atoms with Crippen molar-refractivity contribution in [1.29, 1.82) is 0 Å². The molecule has 21 heavy (non-hydrogen) atoms. The number of benzene rings is 1. The Labute approximate surface area is 125 Å². The molecule has 0 radical (unpaired) electrons. The van der Waals surface area contributed by atoms with Gasteiger partial charge < -0.3 is 15.2 Å². The quantitative estimate of drug-likeness (QED) is 0.821. The lowest BCUT2D eigenvalue weighted by atomic mass is 10.00. The molecule has 4 nitrogen and oxygen atoms in total. The molecule has 2 aromatic rings. The van der Waals surface area contributed by atoms with Crippen LogP contribution in [-0.2, 0) is 6.54 Å². The van der Waals surface area contributed by atoms with Gasteiger partial charge in [-0.15, -0.1) is 0 Å². The van der Waals surface area contributed by atoms with Crippen LogP contribution in [0.5, 0.6) is 5.75 Å². The third-order valence-electron chi connectivity index (χ3n) is 3.57. The molecule has 2 atom stereocenters. The molecular formula is C17H22N2O2. The third kappa shape index (κ3) is 4.28. The van der Waals surface area contributed by atoms with E-state index >= 15 is 0 Å². The lowest BCUT2D eigenvalue weighted by Gasteiger charge is -2.23. The molecular weight excluding hydrogens is 264 g/mol. The van der Waals surface area contributed by atoms with Crippen LogP contribution in [0.3, 0.4) is 0 Å². The summed E-state index contributed by atoms with van der Waals surface area (Å²) in [5, 5.41) is 14.0. The van der Waals surface area contributed by atoms with E-state index < -0.39 is 6.10 Å². The Morgan fingerprint density at radius 1 is 1.24 bits per heavy atom. The van der Waals surface area contributed by atoms with Crippen LogP contribution >= 0.6 is 0 Å². The molecule has 2 N–H and O–H groups in total. The van der Waals surface area contributed by atoms with Crippen molar-refractivity contribution in [2.75, 3.05) is 7.11 Å². The van der Waals surface area contributed by atoms with Gasteiger partial charge in [0.25, 0.3) is 0 Å². The molecule has 0 saturated heterocycles. The van der Waals surface area contributed by atoms with Gasteiger partial charge in [0.2, 0.25) is 0 Å². The molecule has 0 aliphatic rings. The van der Waals surface area contributed by atoms with Crippen LogP contribution in [0.2, 0.25) is 0 Å². The summed E-state index contributed by atoms with van der Waals surface area (Å²) in [6, 6.07) is 11.5. The molecule has 1 heterocycles. The maximum Gasteiger partial charge on any atom is 0.119 e. The normalized spacial score (nSPS) is 13.7. The Morgan fingerprint density at radius 3 is 2.67 bits per heavy atom. The number of rotatable bonds is 7. The van der Waals surface area contributed by atoms with Crippen molar-refractivity contribution >= 4 is 0 Å². The topological polar surface area (TPSA) is 54.4 Å². The zero-order valence-electron chi connectivity index (χ0n) is 12.5. The highest BCUT2D eigenvalue weighted by Crippen LogP contribution is 2.23. The summed E-state index contributed by atoms with van der Waals surface area (Å²) < 4.78 is 5.21. The maximum atomic E-state index is 10.5. The van der Waals surface area contributed by atoms with Crippen molar-refractivity contribution in [3.05, 3.63) is 59.9 Å². The van der Waals surface area contributed by atoms with Gasteiger partial charge in [0.1, 0.15) is 5.75 Å². The zero-order chi connectivity index (χ0) is 15.1. The summed E-state index contributed by atoms with van der Waals surface area (Å²) in [4.78, 5) is 4.00. The number of nitrogens with one attached hydrogen (secondary N) is 1. The highest BCUT2D eigenvalue weighted by molar-refractivity contribution is 5.30. The van der Waals surface area contributed by atoms with Crippen molar-refractivity contribution in [3.8, 4) is 5.75 Å². The first-order valence-electron chi connectivity index (χ1n) is 7.19. The van der Waals surface area contributed by atoms with E-state index in [2.05, 4.69) is 17.2 Å². The summed E-state index contributed by atoms with van der Waals surface area (Å²) in [5.41, 5.74) is 2.02. The zero-order valence-corrected chi connectivity index (χ0v) is 12.5. The van der Waals surface area contributed by atoms with Crippen molar-refractivity contribution in [2.24, 2.45) is 0 Å². The van der Waals surface area contributed by atoms with E-state index in [0.29, 0.717) is 6.54 Å². The van der Waals surface area contributed by atoms with Crippen LogP contribution in [0.4, 0.5) is 0 Å². The van der Waals surface area contributed by atoms with Crippen LogP contribution in [0, 0.1) is 0 Å². The van der Waals surface area contributed by atoms with E-state index in [1.807, 2.05) is 36.4 Å². The average Bonchev–Trinajstić information content (AvgIpc) is 2.56. The lowest BCUT2D eigenvalue weighted by Crippen LogP contribution is -2.34. The minimum Gasteiger partial charge on any atom is -0.497 e. The highest BCUT2D eigenvalue weighted by Gasteiger charge is 2.19. The maximum absolute atomic E-state index is 10.5. The largest absolute Gasteiger partial charge is 0.497 e. The SMILES string of the molecule is CCC(NCc1ccncc1)C(O)c1cccc(OC)c1. The molecule has 0 aliphatic carbocycles. The van der Waals surface area contributed by atoms with Gasteiger partial charge in [-0.25, -0.2) is 0 Å². The fourth-order valence-corrected chi connectivity index (χ4v) is 2.29. The predicted octanol–water partition coefficient (Wildman–Crippen LogP) is 2.69. The van der Waals surface area contributed by atoms with Gasteiger partial charge in [-0.05, 0) is 41.8 Å². The number of aromatic nitrogens is 1. The molecule has 0 amide bonds. The number of ether oxygens (including phenoxy) is 1. The molecule has 0 spiro atoms. The first-order chi connectivity index (χ1) is 10.2. The Balaban J connectivity index is 2.02. The summed E-state index contributed by atoms with van der Waals surface area (Å²) >= 11 is 0. The van der Waals surface area contributed by atoms with Crippen molar-refractivity contribution in [1.82, 2.24) is 10.3 Å². The second-order valence-corrected chi connectivity index (χ2v) is 4.97. The van der Waals surface area contributed by atoms with Crippen molar-refractivity contribution in [3.63, 3.8) is 0 Å². The number of aliphatic hydroxyl groups excluding tert-OH is 1. The van der Waals surface area contributed by atoms with Crippen LogP contribution in [0.15, 0.2) is 48.8 Å². The van der Waals surface area contributed by atoms with Crippen molar-refractivity contribution in [2.45, 2.75) is 32.0 Å². The van der Waals surface area contributed by atoms with Crippen molar-refractivity contribution < 1.29 is 9.84 Å². The van der Waals surface area contributed by atoms with Gasteiger partial charge >= 0.3 is 0 Å². The third-order valence-corrected chi connectivity index (χ3v) is 3.57. The predicted molar refractivity (Wildman–Crippen MR) is 83.1 cm³/mol. The van der Waals surface area contributed by atoms with Gasteiger partial charge in [-0.2, -0.15) is 0 Å². The molecule has 4 heteroatoms. The number of pyridine rings is 1. The fourth-order valence-electron chi connectivity index (χ4n) is 2.29. The van der Waals surface area contributed by atoms with E-state index in [1.54, 1.807) is 19.5 Å². The average molecular weight is 286 g/mol. The smallest absolute Gasteiger partial charge is 0.119 e. The second kappa shape index (κ2) is 7.76. The van der Waals surface area contributed by atoms with Gasteiger partial charge in [0.15, 0.2) is 0 Å². The van der Waals surface area contributed by atoms with Crippen LogP contribution in [0.1, 0.15) is 30.6 Å². The van der Waals surface area contributed by atoms with Gasteiger partial charge in [0, 0.05) is 25.0 Å². The first kappa shape index (κ1) is 15.5. The second-order valence-electron chi connectivity index (χ2n) is 4.97. The number of nitrogens with zero attached hydrogens (tertiary/aromatic N) is 1. The molecule has 1 aromatic heterocycles. The fraction of sp³-hybridized carbons (Fsp3) is 0.353. The van der Waals surface area contributed by atoms with E-state index in [4.69, 9.17) is 4.74 Å². The van der Waals surface area contributed by atoms with Gasteiger partial charge in [-0.1, -0.05) is 19.1 Å². The monoisotopic (exact) mass is 286 g/mol. The minimum absolute atomic E-state index is 0.00901. The van der Waals surface area contributed by atoms with Gasteiger partial charge in [0.05, 0.1) is 13.2 Å². The Hall–Kier alpha value is -1.91.